The van der Waals surface area contributed by atoms with Crippen LogP contribution in [0.4, 0.5) is 0 Å². The van der Waals surface area contributed by atoms with Crippen LogP contribution in [-0.2, 0) is 9.53 Å². The average Bonchev–Trinajstić information content (AvgIpc) is 3.20. The lowest BCUT2D eigenvalue weighted by Gasteiger charge is -2.34. The number of aliphatic imine (C=N–C) groups is 1. The molecule has 1 aromatic heterocycles. The molecule has 0 aromatic carbocycles. The standard InChI is InChI=1S/C19H33N5O2S.HI/c1-5-15(2)22-19(21-14-18(25)23(3)4)20-13-16(17-7-6-12-27-17)24-8-10-26-11-9-24;/h6-7,12,15-16H,5,8-11,13-14H2,1-4H3,(H2,20,21,22);1H. The first-order valence-corrected chi connectivity index (χ1v) is 10.5. The highest BCUT2D eigenvalue weighted by molar-refractivity contribution is 14.0. The number of rotatable bonds is 8. The van der Waals surface area contributed by atoms with Crippen molar-refractivity contribution < 1.29 is 9.53 Å². The zero-order valence-electron chi connectivity index (χ0n) is 17.3. The van der Waals surface area contributed by atoms with E-state index in [4.69, 9.17) is 4.74 Å². The topological polar surface area (TPSA) is 69.2 Å². The zero-order chi connectivity index (χ0) is 19.6. The van der Waals surface area contributed by atoms with Gasteiger partial charge < -0.3 is 20.3 Å². The molecule has 1 saturated heterocycles. The summed E-state index contributed by atoms with van der Waals surface area (Å²) in [6.07, 6.45) is 0.986. The fourth-order valence-electron chi connectivity index (χ4n) is 2.75. The van der Waals surface area contributed by atoms with Crippen LogP contribution in [0.1, 0.15) is 31.2 Å². The number of carbonyl (C=O) groups is 1. The van der Waals surface area contributed by atoms with Crippen LogP contribution in [0.25, 0.3) is 0 Å². The van der Waals surface area contributed by atoms with Gasteiger partial charge in [0, 0.05) is 44.6 Å². The van der Waals surface area contributed by atoms with Crippen molar-refractivity contribution in [1.29, 1.82) is 0 Å². The van der Waals surface area contributed by atoms with Crippen LogP contribution in [0.3, 0.4) is 0 Å². The first kappa shape index (κ1) is 25.1. The van der Waals surface area contributed by atoms with Gasteiger partial charge in [-0.15, -0.1) is 35.3 Å². The van der Waals surface area contributed by atoms with Crippen LogP contribution in [-0.4, -0.2) is 81.2 Å². The van der Waals surface area contributed by atoms with E-state index in [9.17, 15) is 4.79 Å². The molecule has 160 valence electrons. The van der Waals surface area contributed by atoms with E-state index >= 15 is 0 Å². The van der Waals surface area contributed by atoms with Gasteiger partial charge in [0.05, 0.1) is 19.3 Å². The van der Waals surface area contributed by atoms with Gasteiger partial charge in [-0.3, -0.25) is 9.69 Å². The fraction of sp³-hybridized carbons (Fsp3) is 0.684. The molecule has 0 saturated carbocycles. The van der Waals surface area contributed by atoms with Gasteiger partial charge in [-0.25, -0.2) is 4.99 Å². The third kappa shape index (κ3) is 8.22. The number of morpholine rings is 1. The van der Waals surface area contributed by atoms with E-state index in [1.165, 1.54) is 4.88 Å². The maximum atomic E-state index is 11.9. The SMILES string of the molecule is CCC(C)NC(=NCC(=O)N(C)C)NCC(c1cccs1)N1CCOCC1.I. The van der Waals surface area contributed by atoms with Crippen molar-refractivity contribution in [3.63, 3.8) is 0 Å². The maximum absolute atomic E-state index is 11.9. The molecule has 2 rings (SSSR count). The molecule has 1 amide bonds. The lowest BCUT2D eigenvalue weighted by atomic mass is 10.2. The number of amides is 1. The van der Waals surface area contributed by atoms with Crippen molar-refractivity contribution in [2.75, 3.05) is 53.5 Å². The summed E-state index contributed by atoms with van der Waals surface area (Å²) in [5.74, 6) is 0.678. The van der Waals surface area contributed by atoms with Crippen molar-refractivity contribution in [2.45, 2.75) is 32.4 Å². The summed E-state index contributed by atoms with van der Waals surface area (Å²) in [6, 6.07) is 4.83. The maximum Gasteiger partial charge on any atom is 0.243 e. The minimum absolute atomic E-state index is 0. The Morgan fingerprint density at radius 2 is 2.11 bits per heavy atom. The summed E-state index contributed by atoms with van der Waals surface area (Å²) < 4.78 is 5.51. The number of hydrogen-bond donors (Lipinski definition) is 2. The van der Waals surface area contributed by atoms with Gasteiger partial charge in [-0.05, 0) is 24.8 Å². The Hall–Kier alpha value is -0.910. The predicted molar refractivity (Wildman–Crippen MR) is 127 cm³/mol. The smallest absolute Gasteiger partial charge is 0.243 e. The first-order valence-electron chi connectivity index (χ1n) is 9.61. The van der Waals surface area contributed by atoms with Gasteiger partial charge in [-0.2, -0.15) is 0 Å². The van der Waals surface area contributed by atoms with Gasteiger partial charge in [0.25, 0.3) is 0 Å². The van der Waals surface area contributed by atoms with E-state index in [1.807, 2.05) is 0 Å². The summed E-state index contributed by atoms with van der Waals surface area (Å²) in [4.78, 5) is 21.8. The highest BCUT2D eigenvalue weighted by Gasteiger charge is 2.23. The van der Waals surface area contributed by atoms with E-state index in [-0.39, 0.29) is 48.5 Å². The lowest BCUT2D eigenvalue weighted by molar-refractivity contribution is -0.127. The number of guanidine groups is 1. The largest absolute Gasteiger partial charge is 0.379 e. The first-order chi connectivity index (χ1) is 13.0. The second-order valence-electron chi connectivity index (χ2n) is 6.97. The van der Waals surface area contributed by atoms with Gasteiger partial charge in [-0.1, -0.05) is 13.0 Å². The van der Waals surface area contributed by atoms with Crippen molar-refractivity contribution in [1.82, 2.24) is 20.4 Å². The molecule has 9 heteroatoms. The van der Waals surface area contributed by atoms with Gasteiger partial charge in [0.2, 0.25) is 5.91 Å². The summed E-state index contributed by atoms with van der Waals surface area (Å²) in [7, 11) is 3.50. The van der Waals surface area contributed by atoms with Crippen LogP contribution in [0, 0.1) is 0 Å². The van der Waals surface area contributed by atoms with E-state index < -0.39 is 0 Å². The number of likely N-dealkylation sites (N-methyl/N-ethyl adjacent to an activating group) is 1. The Bertz CT molecular complexity index is 591. The third-order valence-electron chi connectivity index (χ3n) is 4.69. The Labute approximate surface area is 189 Å². The molecular weight excluding hydrogens is 489 g/mol. The number of nitrogens with one attached hydrogen (secondary N) is 2. The van der Waals surface area contributed by atoms with E-state index in [2.05, 4.69) is 51.9 Å². The number of thiophene rings is 1. The molecule has 0 aliphatic carbocycles. The lowest BCUT2D eigenvalue weighted by Crippen LogP contribution is -2.48. The van der Waals surface area contributed by atoms with E-state index in [0.717, 1.165) is 39.3 Å². The summed E-state index contributed by atoms with van der Waals surface area (Å²) >= 11 is 1.77. The molecule has 2 heterocycles. The summed E-state index contributed by atoms with van der Waals surface area (Å²) in [6.45, 7) is 8.50. The predicted octanol–water partition coefficient (Wildman–Crippen LogP) is 2.16. The van der Waals surface area contributed by atoms with E-state index in [0.29, 0.717) is 5.96 Å². The molecule has 28 heavy (non-hydrogen) atoms. The fourth-order valence-corrected chi connectivity index (χ4v) is 3.61. The Balaban J connectivity index is 0.00000392. The average molecular weight is 523 g/mol. The van der Waals surface area contributed by atoms with Crippen molar-refractivity contribution >= 4 is 47.2 Å². The monoisotopic (exact) mass is 523 g/mol. The third-order valence-corrected chi connectivity index (χ3v) is 5.66. The number of nitrogens with zero attached hydrogens (tertiary/aromatic N) is 3. The van der Waals surface area contributed by atoms with Crippen LogP contribution in [0.2, 0.25) is 0 Å². The summed E-state index contributed by atoms with van der Waals surface area (Å²) in [5, 5.41) is 8.97. The highest BCUT2D eigenvalue weighted by Crippen LogP contribution is 2.25. The molecule has 0 bridgehead atoms. The molecule has 1 aliphatic heterocycles. The van der Waals surface area contributed by atoms with Crippen LogP contribution in [0.15, 0.2) is 22.5 Å². The summed E-state index contributed by atoms with van der Waals surface area (Å²) in [5.41, 5.74) is 0. The molecule has 0 spiro atoms. The molecule has 1 fully saturated rings. The van der Waals surface area contributed by atoms with Gasteiger partial charge in [0.15, 0.2) is 5.96 Å². The molecule has 7 nitrogen and oxygen atoms in total. The van der Waals surface area contributed by atoms with Gasteiger partial charge in [0.1, 0.15) is 6.54 Å². The number of hydrogen-bond acceptors (Lipinski definition) is 5. The Kier molecular flexibility index (Phi) is 12.0. The molecule has 2 unspecified atom stereocenters. The van der Waals surface area contributed by atoms with Crippen molar-refractivity contribution in [2.24, 2.45) is 4.99 Å². The Morgan fingerprint density at radius 1 is 1.39 bits per heavy atom. The molecular formula is C19H34IN5O2S. The molecule has 1 aromatic rings. The van der Waals surface area contributed by atoms with Crippen molar-refractivity contribution in [3.05, 3.63) is 22.4 Å². The van der Waals surface area contributed by atoms with Crippen LogP contribution in [0.5, 0.6) is 0 Å². The second-order valence-corrected chi connectivity index (χ2v) is 7.95. The number of ether oxygens (including phenoxy) is 1. The van der Waals surface area contributed by atoms with Gasteiger partial charge >= 0.3 is 0 Å². The molecule has 2 N–H and O–H groups in total. The van der Waals surface area contributed by atoms with Crippen LogP contribution >= 0.6 is 35.3 Å². The van der Waals surface area contributed by atoms with Crippen LogP contribution < -0.4 is 10.6 Å². The highest BCUT2D eigenvalue weighted by atomic mass is 127. The molecule has 0 radical (unpaired) electrons. The second kappa shape index (κ2) is 13.3. The normalized spacial score (nSPS) is 17.4. The Morgan fingerprint density at radius 3 is 2.68 bits per heavy atom. The number of halogens is 1. The molecule has 2 atom stereocenters. The number of carbonyl (C=O) groups excluding carboxylic acids is 1. The zero-order valence-corrected chi connectivity index (χ0v) is 20.5. The quantitative estimate of drug-likeness (QED) is 0.311. The minimum Gasteiger partial charge on any atom is -0.379 e. The minimum atomic E-state index is -0.0109. The van der Waals surface area contributed by atoms with E-state index in [1.54, 1.807) is 30.3 Å². The van der Waals surface area contributed by atoms with Crippen molar-refractivity contribution in [3.8, 4) is 0 Å². The molecule has 1 aliphatic rings.